The van der Waals surface area contributed by atoms with Gasteiger partial charge in [0.25, 0.3) is 5.91 Å². The third-order valence-corrected chi connectivity index (χ3v) is 4.98. The largest absolute Gasteiger partial charge is 0.478 e. The van der Waals surface area contributed by atoms with E-state index in [9.17, 15) is 22.8 Å². The number of alkyl halides is 3. The minimum absolute atomic E-state index is 0.0590. The molecule has 1 aliphatic heterocycles. The molecule has 1 saturated heterocycles. The lowest BCUT2D eigenvalue weighted by molar-refractivity contribution is -0.137. The molecule has 0 atom stereocenters. The average Bonchev–Trinajstić information content (AvgIpc) is 2.88. The maximum absolute atomic E-state index is 12.8. The smallest absolute Gasteiger partial charge is 0.416 e. The van der Waals surface area contributed by atoms with Gasteiger partial charge in [0.2, 0.25) is 0 Å². The number of aromatic carboxylic acids is 1. The van der Waals surface area contributed by atoms with Gasteiger partial charge in [-0.1, -0.05) is 36.1 Å². The summed E-state index contributed by atoms with van der Waals surface area (Å²) >= 11 is 6.16. The normalized spacial score (nSPS) is 16.3. The SMILES string of the molecule is O=C(O)c1ccc(N2C(=O)C(=Cc3cccc(C(F)(F)F)c3)SC2=S)cc1. The van der Waals surface area contributed by atoms with Gasteiger partial charge in [-0.05, 0) is 48.0 Å². The summed E-state index contributed by atoms with van der Waals surface area (Å²) in [4.78, 5) is 24.9. The predicted molar refractivity (Wildman–Crippen MR) is 100 cm³/mol. The maximum atomic E-state index is 12.8. The van der Waals surface area contributed by atoms with Crippen LogP contribution in [0.4, 0.5) is 18.9 Å². The van der Waals surface area contributed by atoms with Crippen molar-refractivity contribution >= 4 is 51.9 Å². The number of halogens is 3. The summed E-state index contributed by atoms with van der Waals surface area (Å²) in [6, 6.07) is 10.2. The first-order valence-corrected chi connectivity index (χ1v) is 8.68. The fourth-order valence-corrected chi connectivity index (χ4v) is 3.70. The third-order valence-electron chi connectivity index (χ3n) is 3.68. The van der Waals surface area contributed by atoms with Crippen molar-refractivity contribution < 1.29 is 27.9 Å². The quantitative estimate of drug-likeness (QED) is 0.583. The molecule has 2 aromatic rings. The van der Waals surface area contributed by atoms with Gasteiger partial charge < -0.3 is 5.11 Å². The number of carbonyl (C=O) groups excluding carboxylic acids is 1. The zero-order valence-corrected chi connectivity index (χ0v) is 15.0. The Bertz CT molecular complexity index is 969. The molecule has 3 rings (SSSR count). The van der Waals surface area contributed by atoms with E-state index >= 15 is 0 Å². The maximum Gasteiger partial charge on any atom is 0.416 e. The van der Waals surface area contributed by atoms with Crippen molar-refractivity contribution in [1.82, 2.24) is 0 Å². The molecular formula is C18H10F3NO3S2. The van der Waals surface area contributed by atoms with Crippen molar-refractivity contribution in [3.63, 3.8) is 0 Å². The Morgan fingerprint density at radius 1 is 1.15 bits per heavy atom. The fourth-order valence-electron chi connectivity index (χ4n) is 2.40. The standard InChI is InChI=1S/C18H10F3NO3S2/c19-18(20,21)12-3-1-2-10(8-12)9-14-15(23)22(17(26)27-14)13-6-4-11(5-7-13)16(24)25/h1-9H,(H,24,25). The topological polar surface area (TPSA) is 57.6 Å². The number of benzene rings is 2. The number of thiocarbonyl (C=S) groups is 1. The number of carbonyl (C=O) groups is 2. The highest BCUT2D eigenvalue weighted by atomic mass is 32.2. The van der Waals surface area contributed by atoms with Crippen molar-refractivity contribution in [2.45, 2.75) is 6.18 Å². The van der Waals surface area contributed by atoms with Crippen LogP contribution < -0.4 is 4.90 Å². The van der Waals surface area contributed by atoms with E-state index in [1.807, 2.05) is 0 Å². The van der Waals surface area contributed by atoms with Crippen molar-refractivity contribution in [2.24, 2.45) is 0 Å². The number of hydrogen-bond acceptors (Lipinski definition) is 4. The van der Waals surface area contributed by atoms with Crippen LogP contribution in [-0.2, 0) is 11.0 Å². The first-order valence-electron chi connectivity index (χ1n) is 7.45. The molecule has 0 saturated carbocycles. The first kappa shape index (κ1) is 19.1. The van der Waals surface area contributed by atoms with Gasteiger partial charge in [-0.25, -0.2) is 4.79 Å². The Balaban J connectivity index is 1.90. The minimum Gasteiger partial charge on any atom is -0.478 e. The Hall–Kier alpha value is -2.65. The number of hydrogen-bond donors (Lipinski definition) is 1. The van der Waals surface area contributed by atoms with Gasteiger partial charge in [0, 0.05) is 0 Å². The molecule has 0 aromatic heterocycles. The van der Waals surface area contributed by atoms with Crippen LogP contribution in [0.15, 0.2) is 53.4 Å². The number of nitrogens with zero attached hydrogens (tertiary/aromatic N) is 1. The van der Waals surface area contributed by atoms with E-state index in [0.29, 0.717) is 5.69 Å². The number of anilines is 1. The zero-order valence-electron chi connectivity index (χ0n) is 13.4. The molecule has 0 bridgehead atoms. The number of amides is 1. The number of thioether (sulfide) groups is 1. The number of rotatable bonds is 3. The zero-order chi connectivity index (χ0) is 19.8. The summed E-state index contributed by atoms with van der Waals surface area (Å²) < 4.78 is 38.7. The van der Waals surface area contributed by atoms with E-state index in [-0.39, 0.29) is 20.4 Å². The van der Waals surface area contributed by atoms with Crippen LogP contribution in [0.1, 0.15) is 21.5 Å². The highest BCUT2D eigenvalue weighted by Gasteiger charge is 2.34. The van der Waals surface area contributed by atoms with Gasteiger partial charge in [0.15, 0.2) is 4.32 Å². The number of carboxylic acids is 1. The second kappa shape index (κ2) is 7.16. The van der Waals surface area contributed by atoms with Crippen LogP contribution in [-0.4, -0.2) is 21.3 Å². The van der Waals surface area contributed by atoms with Crippen LogP contribution in [0, 0.1) is 0 Å². The van der Waals surface area contributed by atoms with Gasteiger partial charge in [0.05, 0.1) is 21.7 Å². The molecule has 2 aromatic carbocycles. The Morgan fingerprint density at radius 3 is 2.41 bits per heavy atom. The molecule has 0 unspecified atom stereocenters. The van der Waals surface area contributed by atoms with Crippen LogP contribution >= 0.6 is 24.0 Å². The second-order valence-corrected chi connectivity index (χ2v) is 7.17. The third kappa shape index (κ3) is 4.04. The van der Waals surface area contributed by atoms with E-state index in [2.05, 4.69) is 0 Å². The average molecular weight is 409 g/mol. The van der Waals surface area contributed by atoms with Crippen molar-refractivity contribution in [1.29, 1.82) is 0 Å². The number of carboxylic acid groups (broad SMARTS) is 1. The molecule has 27 heavy (non-hydrogen) atoms. The molecule has 1 amide bonds. The van der Waals surface area contributed by atoms with Gasteiger partial charge >= 0.3 is 12.1 Å². The van der Waals surface area contributed by atoms with E-state index < -0.39 is 23.6 Å². The summed E-state index contributed by atoms with van der Waals surface area (Å²) in [5, 5.41) is 8.93. The first-order chi connectivity index (χ1) is 12.7. The molecule has 0 radical (unpaired) electrons. The Morgan fingerprint density at radius 2 is 1.81 bits per heavy atom. The van der Waals surface area contributed by atoms with E-state index in [1.165, 1.54) is 47.4 Å². The van der Waals surface area contributed by atoms with Crippen LogP contribution in [0.25, 0.3) is 6.08 Å². The van der Waals surface area contributed by atoms with Gasteiger partial charge in [-0.15, -0.1) is 0 Å². The summed E-state index contributed by atoms with van der Waals surface area (Å²) in [6.07, 6.45) is -3.13. The predicted octanol–water partition coefficient (Wildman–Crippen LogP) is 4.81. The van der Waals surface area contributed by atoms with Crippen molar-refractivity contribution in [2.75, 3.05) is 4.90 Å². The lowest BCUT2D eigenvalue weighted by Crippen LogP contribution is -2.27. The van der Waals surface area contributed by atoms with E-state index in [4.69, 9.17) is 17.3 Å². The highest BCUT2D eigenvalue weighted by molar-refractivity contribution is 8.27. The van der Waals surface area contributed by atoms with E-state index in [0.717, 1.165) is 23.9 Å². The van der Waals surface area contributed by atoms with Gasteiger partial charge in [-0.2, -0.15) is 13.2 Å². The molecule has 0 spiro atoms. The van der Waals surface area contributed by atoms with Crippen molar-refractivity contribution in [3.8, 4) is 0 Å². The fraction of sp³-hybridized carbons (Fsp3) is 0.0556. The molecule has 9 heteroatoms. The molecule has 1 aliphatic rings. The second-order valence-electron chi connectivity index (χ2n) is 5.49. The monoisotopic (exact) mass is 409 g/mol. The van der Waals surface area contributed by atoms with Crippen LogP contribution in [0.2, 0.25) is 0 Å². The Labute approximate surface area is 161 Å². The molecule has 138 valence electrons. The van der Waals surface area contributed by atoms with Gasteiger partial charge in [-0.3, -0.25) is 9.69 Å². The highest BCUT2D eigenvalue weighted by Crippen LogP contribution is 2.37. The molecule has 0 aliphatic carbocycles. The molecular weight excluding hydrogens is 399 g/mol. The molecule has 1 N–H and O–H groups in total. The summed E-state index contributed by atoms with van der Waals surface area (Å²) in [6.45, 7) is 0. The minimum atomic E-state index is -4.48. The summed E-state index contributed by atoms with van der Waals surface area (Å²) in [7, 11) is 0. The lowest BCUT2D eigenvalue weighted by Gasteiger charge is -2.14. The van der Waals surface area contributed by atoms with Crippen molar-refractivity contribution in [3.05, 3.63) is 70.1 Å². The molecule has 1 heterocycles. The van der Waals surface area contributed by atoms with E-state index in [1.54, 1.807) is 0 Å². The Kier molecular flexibility index (Phi) is 5.07. The van der Waals surface area contributed by atoms with Crippen LogP contribution in [0.5, 0.6) is 0 Å². The molecule has 4 nitrogen and oxygen atoms in total. The lowest BCUT2D eigenvalue weighted by atomic mass is 10.1. The summed E-state index contributed by atoms with van der Waals surface area (Å²) in [5.74, 6) is -1.58. The summed E-state index contributed by atoms with van der Waals surface area (Å²) in [5.41, 5.74) is -0.138. The van der Waals surface area contributed by atoms with Gasteiger partial charge in [0.1, 0.15) is 0 Å². The van der Waals surface area contributed by atoms with Crippen LogP contribution in [0.3, 0.4) is 0 Å². The molecule has 1 fully saturated rings.